The number of carbonyl (C=O) groups excluding carboxylic acids is 1. The zero-order valence-electron chi connectivity index (χ0n) is 14.3. The Morgan fingerprint density at radius 1 is 1.20 bits per heavy atom. The van der Waals surface area contributed by atoms with E-state index >= 15 is 0 Å². The van der Waals surface area contributed by atoms with Crippen molar-refractivity contribution in [2.45, 2.75) is 32.7 Å². The van der Waals surface area contributed by atoms with Gasteiger partial charge in [0.2, 0.25) is 0 Å². The quantitative estimate of drug-likeness (QED) is 0.591. The van der Waals surface area contributed by atoms with Crippen molar-refractivity contribution >= 4 is 27.5 Å². The zero-order valence-corrected chi connectivity index (χ0v) is 15.1. The van der Waals surface area contributed by atoms with Gasteiger partial charge in [-0.3, -0.25) is 4.79 Å². The molecule has 0 fully saturated rings. The first-order valence-corrected chi connectivity index (χ1v) is 9.47. The maximum absolute atomic E-state index is 12.4. The lowest BCUT2D eigenvalue weighted by Crippen LogP contribution is -2.22. The number of hydrogen-bond acceptors (Lipinski definition) is 4. The summed E-state index contributed by atoms with van der Waals surface area (Å²) < 4.78 is 6.78. The number of unbranched alkanes of at least 4 members (excludes halogenated alkanes) is 2. The van der Waals surface area contributed by atoms with Gasteiger partial charge in [-0.1, -0.05) is 31.9 Å². The smallest absolute Gasteiger partial charge is 0.251 e. The summed E-state index contributed by atoms with van der Waals surface area (Å²) in [5.74, 6) is 0.776. The molecule has 1 aromatic heterocycles. The maximum atomic E-state index is 12.4. The molecular formula is C20H22N2O2S. The zero-order chi connectivity index (χ0) is 17.5. The fourth-order valence-electron chi connectivity index (χ4n) is 2.57. The first-order valence-electron chi connectivity index (χ1n) is 8.59. The third-order valence-corrected chi connectivity index (χ3v) is 4.75. The highest BCUT2D eigenvalue weighted by Crippen LogP contribution is 2.19. The predicted molar refractivity (Wildman–Crippen MR) is 102 cm³/mol. The summed E-state index contributed by atoms with van der Waals surface area (Å²) in [6.45, 7) is 3.39. The summed E-state index contributed by atoms with van der Waals surface area (Å²) in [5.41, 5.74) is 4.40. The van der Waals surface area contributed by atoms with Crippen LogP contribution in [0.4, 0.5) is 0 Å². The first kappa shape index (κ1) is 17.4. The number of amides is 1. The maximum Gasteiger partial charge on any atom is 0.251 e. The van der Waals surface area contributed by atoms with E-state index in [1.165, 1.54) is 24.2 Å². The second-order valence-electron chi connectivity index (χ2n) is 5.92. The van der Waals surface area contributed by atoms with E-state index in [1.807, 2.05) is 42.5 Å². The predicted octanol–water partition coefficient (Wildman–Crippen LogP) is 4.80. The summed E-state index contributed by atoms with van der Waals surface area (Å²) in [7, 11) is 0. The Hall–Kier alpha value is -2.40. The van der Waals surface area contributed by atoms with E-state index in [1.54, 1.807) is 5.51 Å². The van der Waals surface area contributed by atoms with Crippen LogP contribution in [0.3, 0.4) is 0 Å². The molecule has 0 atom stereocenters. The lowest BCUT2D eigenvalue weighted by molar-refractivity contribution is 0.0951. The van der Waals surface area contributed by atoms with Gasteiger partial charge in [-0.15, -0.1) is 11.3 Å². The number of hydrogen-bond donors (Lipinski definition) is 1. The highest BCUT2D eigenvalue weighted by Gasteiger charge is 2.07. The van der Waals surface area contributed by atoms with Crippen LogP contribution >= 0.6 is 11.3 Å². The van der Waals surface area contributed by atoms with E-state index in [0.29, 0.717) is 12.1 Å². The largest absolute Gasteiger partial charge is 0.494 e. The van der Waals surface area contributed by atoms with Crippen LogP contribution in [0.2, 0.25) is 0 Å². The molecule has 2 aromatic carbocycles. The Morgan fingerprint density at radius 3 is 3.00 bits per heavy atom. The second-order valence-corrected chi connectivity index (χ2v) is 6.81. The van der Waals surface area contributed by atoms with Crippen LogP contribution in [0.25, 0.3) is 10.2 Å². The van der Waals surface area contributed by atoms with Crippen LogP contribution in [0.5, 0.6) is 5.75 Å². The van der Waals surface area contributed by atoms with Crippen LogP contribution in [-0.4, -0.2) is 17.5 Å². The molecule has 0 saturated carbocycles. The monoisotopic (exact) mass is 354 g/mol. The lowest BCUT2D eigenvalue weighted by Gasteiger charge is -2.09. The van der Waals surface area contributed by atoms with Crippen molar-refractivity contribution in [2.75, 3.05) is 6.61 Å². The van der Waals surface area contributed by atoms with Gasteiger partial charge in [0.15, 0.2) is 0 Å². The summed E-state index contributed by atoms with van der Waals surface area (Å²) in [6.07, 6.45) is 3.43. The Kier molecular flexibility index (Phi) is 6.01. The molecule has 0 saturated heterocycles. The molecule has 0 aliphatic carbocycles. The molecule has 4 nitrogen and oxygen atoms in total. The SMILES string of the molecule is CCCCCOc1cccc(CNC(=O)c2ccc3ncsc3c2)c1. The van der Waals surface area contributed by atoms with Gasteiger partial charge in [0.1, 0.15) is 5.75 Å². The third-order valence-electron chi connectivity index (χ3n) is 3.96. The molecule has 0 aliphatic rings. The summed E-state index contributed by atoms with van der Waals surface area (Å²) >= 11 is 1.54. The molecule has 3 aromatic rings. The van der Waals surface area contributed by atoms with Crippen molar-refractivity contribution < 1.29 is 9.53 Å². The molecule has 25 heavy (non-hydrogen) atoms. The molecule has 1 heterocycles. The van der Waals surface area contributed by atoms with Crippen molar-refractivity contribution in [3.63, 3.8) is 0 Å². The van der Waals surface area contributed by atoms with E-state index in [2.05, 4.69) is 17.2 Å². The molecule has 5 heteroatoms. The van der Waals surface area contributed by atoms with E-state index in [-0.39, 0.29) is 5.91 Å². The Bertz CT molecular complexity index is 844. The minimum Gasteiger partial charge on any atom is -0.494 e. The van der Waals surface area contributed by atoms with Crippen molar-refractivity contribution in [3.8, 4) is 5.75 Å². The van der Waals surface area contributed by atoms with Gasteiger partial charge in [0.05, 0.1) is 22.3 Å². The number of rotatable bonds is 8. The normalized spacial score (nSPS) is 10.8. The Morgan fingerprint density at radius 2 is 2.12 bits per heavy atom. The van der Waals surface area contributed by atoms with E-state index in [9.17, 15) is 4.79 Å². The number of thiazole rings is 1. The molecular weight excluding hydrogens is 332 g/mol. The van der Waals surface area contributed by atoms with Crippen LogP contribution in [0.15, 0.2) is 48.0 Å². The molecule has 3 rings (SSSR count). The summed E-state index contributed by atoms with van der Waals surface area (Å²) in [4.78, 5) is 16.6. The average Bonchev–Trinajstić information content (AvgIpc) is 3.11. The summed E-state index contributed by atoms with van der Waals surface area (Å²) in [6, 6.07) is 13.5. The fourth-order valence-corrected chi connectivity index (χ4v) is 3.28. The van der Waals surface area contributed by atoms with Crippen LogP contribution in [-0.2, 0) is 6.54 Å². The number of fused-ring (bicyclic) bond motifs is 1. The van der Waals surface area contributed by atoms with Crippen LogP contribution < -0.4 is 10.1 Å². The van der Waals surface area contributed by atoms with Crippen molar-refractivity contribution in [3.05, 3.63) is 59.1 Å². The number of aromatic nitrogens is 1. The molecule has 130 valence electrons. The van der Waals surface area contributed by atoms with E-state index in [4.69, 9.17) is 4.74 Å². The number of carbonyl (C=O) groups is 1. The molecule has 1 amide bonds. The van der Waals surface area contributed by atoms with Gasteiger partial charge in [0.25, 0.3) is 5.91 Å². The van der Waals surface area contributed by atoms with Crippen molar-refractivity contribution in [2.24, 2.45) is 0 Å². The van der Waals surface area contributed by atoms with Crippen LogP contribution in [0.1, 0.15) is 42.1 Å². The van der Waals surface area contributed by atoms with Crippen LogP contribution in [0, 0.1) is 0 Å². The van der Waals surface area contributed by atoms with E-state index < -0.39 is 0 Å². The highest BCUT2D eigenvalue weighted by molar-refractivity contribution is 7.16. The lowest BCUT2D eigenvalue weighted by atomic mass is 10.2. The number of nitrogens with one attached hydrogen (secondary N) is 1. The van der Waals surface area contributed by atoms with E-state index in [0.717, 1.165) is 34.6 Å². The topological polar surface area (TPSA) is 51.2 Å². The van der Waals surface area contributed by atoms with Gasteiger partial charge in [-0.25, -0.2) is 4.98 Å². The molecule has 0 radical (unpaired) electrons. The van der Waals surface area contributed by atoms with Gasteiger partial charge >= 0.3 is 0 Å². The van der Waals surface area contributed by atoms with Gasteiger partial charge in [-0.05, 0) is 42.3 Å². The number of ether oxygens (including phenoxy) is 1. The summed E-state index contributed by atoms with van der Waals surface area (Å²) in [5, 5.41) is 2.97. The third kappa shape index (κ3) is 4.79. The Labute approximate surface area is 151 Å². The van der Waals surface area contributed by atoms with Crippen molar-refractivity contribution in [1.29, 1.82) is 0 Å². The molecule has 0 bridgehead atoms. The highest BCUT2D eigenvalue weighted by atomic mass is 32.1. The van der Waals surface area contributed by atoms with Gasteiger partial charge in [-0.2, -0.15) is 0 Å². The van der Waals surface area contributed by atoms with Gasteiger partial charge in [0, 0.05) is 12.1 Å². The number of benzene rings is 2. The fraction of sp³-hybridized carbons (Fsp3) is 0.300. The minimum atomic E-state index is -0.0791. The van der Waals surface area contributed by atoms with Gasteiger partial charge < -0.3 is 10.1 Å². The minimum absolute atomic E-state index is 0.0791. The molecule has 1 N–H and O–H groups in total. The Balaban J connectivity index is 1.56. The first-order chi connectivity index (χ1) is 12.3. The van der Waals surface area contributed by atoms with Crippen molar-refractivity contribution in [1.82, 2.24) is 10.3 Å². The molecule has 0 spiro atoms. The molecule has 0 unspecified atom stereocenters. The second kappa shape index (κ2) is 8.62. The molecule has 0 aliphatic heterocycles. The standard InChI is InChI=1S/C20H22N2O2S/c1-2-3-4-10-24-17-7-5-6-15(11-17)13-21-20(23)16-8-9-18-19(12-16)25-14-22-18/h5-9,11-12,14H,2-4,10,13H2,1H3,(H,21,23). The number of nitrogens with zero attached hydrogens (tertiary/aromatic N) is 1. The average molecular weight is 354 g/mol.